The van der Waals surface area contributed by atoms with Crippen LogP contribution in [0.2, 0.25) is 0 Å². The fraction of sp³-hybridized carbons (Fsp3) is 0.462. The molecule has 16 heavy (non-hydrogen) atoms. The van der Waals surface area contributed by atoms with Crippen LogP contribution in [0, 0.1) is 0 Å². The topological polar surface area (TPSA) is 29.1 Å². The number of likely N-dealkylation sites (N-methyl/N-ethyl adjacent to an activating group) is 1. The minimum atomic E-state index is -0.230. The quantitative estimate of drug-likeness (QED) is 0.645. The van der Waals surface area contributed by atoms with Crippen LogP contribution in [0.3, 0.4) is 0 Å². The van der Waals surface area contributed by atoms with Gasteiger partial charge in [-0.2, -0.15) is 0 Å². The van der Waals surface area contributed by atoms with Crippen LogP contribution in [-0.2, 0) is 16.9 Å². The van der Waals surface area contributed by atoms with E-state index in [0.29, 0.717) is 6.54 Å². The summed E-state index contributed by atoms with van der Waals surface area (Å²) in [6.45, 7) is 3.78. The van der Waals surface area contributed by atoms with E-state index in [4.69, 9.17) is 0 Å². The van der Waals surface area contributed by atoms with Gasteiger partial charge in [0.2, 0.25) is 0 Å². The van der Waals surface area contributed by atoms with Crippen LogP contribution in [0.1, 0.15) is 18.1 Å². The third kappa shape index (κ3) is 1.04. The molecule has 2 atom stereocenters. The number of carbonyl (C=O) groups is 1. The van der Waals surface area contributed by atoms with Crippen LogP contribution in [-0.4, -0.2) is 30.5 Å². The Morgan fingerprint density at radius 1 is 1.38 bits per heavy atom. The third-order valence-corrected chi connectivity index (χ3v) is 4.37. The smallest absolute Gasteiger partial charge is 0.280 e. The number of nitrogens with zero attached hydrogens (tertiary/aromatic N) is 1. The lowest BCUT2D eigenvalue weighted by Gasteiger charge is -2.46. The van der Waals surface area contributed by atoms with Gasteiger partial charge in [-0.05, 0) is 5.56 Å². The number of fused-ring (bicyclic) bond motifs is 3. The van der Waals surface area contributed by atoms with E-state index < -0.39 is 0 Å². The Kier molecular flexibility index (Phi) is 1.76. The minimum absolute atomic E-state index is 0.168. The van der Waals surface area contributed by atoms with Gasteiger partial charge in [-0.25, -0.2) is 0 Å². The predicted molar refractivity (Wildman–Crippen MR) is 61.6 cm³/mol. The van der Waals surface area contributed by atoms with Crippen molar-refractivity contribution < 1.29 is 9.28 Å². The summed E-state index contributed by atoms with van der Waals surface area (Å²) in [4.78, 5) is 11.7. The van der Waals surface area contributed by atoms with Gasteiger partial charge in [0.05, 0.1) is 13.6 Å². The summed E-state index contributed by atoms with van der Waals surface area (Å²) in [6, 6.07) is 8.46. The largest absolute Gasteiger partial charge is 0.296 e. The van der Waals surface area contributed by atoms with E-state index in [-0.39, 0.29) is 11.6 Å². The summed E-state index contributed by atoms with van der Waals surface area (Å²) in [5.74, 6) is 0.168. The Hall–Kier alpha value is -1.35. The van der Waals surface area contributed by atoms with Crippen LogP contribution < -0.4 is 5.32 Å². The molecule has 0 saturated carbocycles. The van der Waals surface area contributed by atoms with E-state index >= 15 is 0 Å². The van der Waals surface area contributed by atoms with Gasteiger partial charge in [0, 0.05) is 18.9 Å². The SMILES string of the molecule is C[C@@]12NC(=O)C[N@@+]1(C)CCc1ccccc12. The minimum Gasteiger partial charge on any atom is -0.296 e. The van der Waals surface area contributed by atoms with Crippen molar-refractivity contribution in [1.29, 1.82) is 0 Å². The van der Waals surface area contributed by atoms with Crippen LogP contribution in [0.4, 0.5) is 0 Å². The molecular formula is C13H17N2O+. The van der Waals surface area contributed by atoms with Gasteiger partial charge in [0.1, 0.15) is 0 Å². The summed E-state index contributed by atoms with van der Waals surface area (Å²) in [6.07, 6.45) is 1.07. The molecule has 2 aliphatic heterocycles. The maximum Gasteiger partial charge on any atom is 0.280 e. The Labute approximate surface area is 95.7 Å². The highest BCUT2D eigenvalue weighted by atomic mass is 16.2. The zero-order valence-electron chi connectivity index (χ0n) is 9.79. The number of nitrogens with one attached hydrogen (secondary N) is 1. The van der Waals surface area contributed by atoms with Crippen molar-refractivity contribution in [3.05, 3.63) is 35.4 Å². The van der Waals surface area contributed by atoms with Crippen molar-refractivity contribution in [3.63, 3.8) is 0 Å². The fourth-order valence-corrected chi connectivity index (χ4v) is 3.16. The van der Waals surface area contributed by atoms with E-state index in [1.165, 1.54) is 11.1 Å². The molecule has 3 heteroatoms. The second-order valence-corrected chi connectivity index (χ2v) is 5.31. The summed E-state index contributed by atoms with van der Waals surface area (Å²) in [7, 11) is 2.17. The predicted octanol–water partition coefficient (Wildman–Crippen LogP) is 0.992. The monoisotopic (exact) mass is 217 g/mol. The molecule has 1 N–H and O–H groups in total. The van der Waals surface area contributed by atoms with E-state index in [2.05, 4.69) is 43.6 Å². The van der Waals surface area contributed by atoms with Crippen molar-refractivity contribution in [2.45, 2.75) is 19.0 Å². The second kappa shape index (κ2) is 2.86. The molecule has 0 aliphatic carbocycles. The number of carbonyl (C=O) groups excluding carboxylic acids is 1. The first kappa shape index (κ1) is 9.85. The molecule has 84 valence electrons. The van der Waals surface area contributed by atoms with Gasteiger partial charge in [0.25, 0.3) is 5.91 Å². The normalized spacial score (nSPS) is 36.5. The molecular weight excluding hydrogens is 200 g/mol. The molecule has 0 unspecified atom stereocenters. The Bertz CT molecular complexity index is 471. The van der Waals surface area contributed by atoms with E-state index in [0.717, 1.165) is 17.4 Å². The Morgan fingerprint density at radius 3 is 2.94 bits per heavy atom. The molecule has 3 rings (SSSR count). The van der Waals surface area contributed by atoms with Gasteiger partial charge in [-0.15, -0.1) is 0 Å². The average molecular weight is 217 g/mol. The summed E-state index contributed by atoms with van der Waals surface area (Å²) >= 11 is 0. The lowest BCUT2D eigenvalue weighted by Crippen LogP contribution is -2.61. The molecule has 1 aromatic rings. The average Bonchev–Trinajstić information content (AvgIpc) is 2.49. The molecule has 1 amide bonds. The number of quaternary nitrogens is 1. The maximum atomic E-state index is 11.7. The number of rotatable bonds is 0. The molecule has 2 aliphatic rings. The van der Waals surface area contributed by atoms with Crippen LogP contribution in [0.15, 0.2) is 24.3 Å². The zero-order chi connectivity index (χ0) is 11.4. The van der Waals surface area contributed by atoms with Crippen LogP contribution in [0.5, 0.6) is 0 Å². The molecule has 0 radical (unpaired) electrons. The summed E-state index contributed by atoms with van der Waals surface area (Å²) in [5.41, 5.74) is 2.43. The van der Waals surface area contributed by atoms with Crippen molar-refractivity contribution in [1.82, 2.24) is 5.32 Å². The maximum absolute atomic E-state index is 11.7. The van der Waals surface area contributed by atoms with Gasteiger partial charge in [-0.1, -0.05) is 24.3 Å². The number of benzene rings is 1. The third-order valence-electron chi connectivity index (χ3n) is 4.37. The number of hydrogen-bond acceptors (Lipinski definition) is 1. The molecule has 1 aromatic carbocycles. The first-order valence-electron chi connectivity index (χ1n) is 5.79. The summed E-state index contributed by atoms with van der Waals surface area (Å²) in [5, 5.41) is 3.16. The Balaban J connectivity index is 2.21. The molecule has 1 fully saturated rings. The lowest BCUT2D eigenvalue weighted by atomic mass is 9.87. The first-order valence-corrected chi connectivity index (χ1v) is 5.79. The van der Waals surface area contributed by atoms with Crippen LogP contribution in [0.25, 0.3) is 0 Å². The van der Waals surface area contributed by atoms with Gasteiger partial charge >= 0.3 is 0 Å². The highest BCUT2D eigenvalue weighted by Crippen LogP contribution is 2.40. The molecule has 0 spiro atoms. The lowest BCUT2D eigenvalue weighted by molar-refractivity contribution is -0.954. The Morgan fingerprint density at radius 2 is 2.12 bits per heavy atom. The zero-order valence-corrected chi connectivity index (χ0v) is 9.79. The van der Waals surface area contributed by atoms with Crippen LogP contribution >= 0.6 is 0 Å². The van der Waals surface area contributed by atoms with E-state index in [9.17, 15) is 4.79 Å². The molecule has 1 saturated heterocycles. The fourth-order valence-electron chi connectivity index (χ4n) is 3.16. The molecule has 0 bridgehead atoms. The van der Waals surface area contributed by atoms with Gasteiger partial charge < -0.3 is 0 Å². The first-order chi connectivity index (χ1) is 7.55. The standard InChI is InChI=1S/C13H16N2O/c1-13-11-6-4-3-5-10(11)7-8-15(13,2)9-12(16)14-13/h3-6H,7-9H2,1-2H3/p+1/t13-,15-/m1/s1. The number of amides is 1. The number of hydrogen-bond donors (Lipinski definition) is 1. The van der Waals surface area contributed by atoms with Crippen molar-refractivity contribution >= 4 is 5.91 Å². The summed E-state index contributed by atoms with van der Waals surface area (Å²) < 4.78 is 0.794. The van der Waals surface area contributed by atoms with Crippen molar-refractivity contribution in [2.24, 2.45) is 0 Å². The highest BCUT2D eigenvalue weighted by Gasteiger charge is 2.56. The second-order valence-electron chi connectivity index (χ2n) is 5.31. The van der Waals surface area contributed by atoms with E-state index in [1.54, 1.807) is 0 Å². The molecule has 3 nitrogen and oxygen atoms in total. The van der Waals surface area contributed by atoms with E-state index in [1.807, 2.05) is 0 Å². The molecule has 2 heterocycles. The highest BCUT2D eigenvalue weighted by molar-refractivity contribution is 5.80. The molecule has 0 aromatic heterocycles. The van der Waals surface area contributed by atoms with Gasteiger partial charge in [-0.3, -0.25) is 14.6 Å². The van der Waals surface area contributed by atoms with Gasteiger partial charge in [0.15, 0.2) is 12.2 Å². The van der Waals surface area contributed by atoms with Crippen molar-refractivity contribution in [3.8, 4) is 0 Å². The van der Waals surface area contributed by atoms with Crippen molar-refractivity contribution in [2.75, 3.05) is 20.1 Å².